The van der Waals surface area contributed by atoms with Gasteiger partial charge in [0, 0.05) is 17.1 Å². The molecule has 0 fully saturated rings. The molecule has 0 aliphatic rings. The van der Waals surface area contributed by atoms with Crippen LogP contribution in [-0.2, 0) is 0 Å². The zero-order chi connectivity index (χ0) is 10.6. The Bertz CT molecular complexity index is 372. The Morgan fingerprint density at radius 2 is 2.29 bits per heavy atom. The van der Waals surface area contributed by atoms with E-state index < -0.39 is 0 Å². The van der Waals surface area contributed by atoms with Crippen LogP contribution < -0.4 is 5.73 Å². The van der Waals surface area contributed by atoms with Crippen molar-refractivity contribution >= 4 is 29.1 Å². The molecule has 74 valence electrons. The quantitative estimate of drug-likeness (QED) is 0.473. The van der Waals surface area contributed by atoms with Crippen molar-refractivity contribution in [1.29, 1.82) is 0 Å². The summed E-state index contributed by atoms with van der Waals surface area (Å²) < 4.78 is 0. The number of hydrogen-bond donors (Lipinski definition) is 1. The molecule has 3 heteroatoms. The van der Waals surface area contributed by atoms with Crippen LogP contribution in [0.3, 0.4) is 0 Å². The molecule has 1 rings (SSSR count). The second-order valence-corrected chi connectivity index (χ2v) is 3.27. The number of nitrogen functional groups attached to an aromatic ring is 1. The summed E-state index contributed by atoms with van der Waals surface area (Å²) in [4.78, 5) is 11.2. The van der Waals surface area contributed by atoms with E-state index in [1.807, 2.05) is 18.2 Å². The Kier molecular flexibility index (Phi) is 3.72. The van der Waals surface area contributed by atoms with Crippen LogP contribution in [0.4, 0.5) is 5.69 Å². The Balaban J connectivity index is 3.06. The average molecular weight is 210 g/mol. The van der Waals surface area contributed by atoms with Gasteiger partial charge in [0.25, 0.3) is 0 Å². The molecule has 0 aliphatic heterocycles. The fourth-order valence-electron chi connectivity index (χ4n) is 1.16. The zero-order valence-corrected chi connectivity index (χ0v) is 8.71. The third kappa shape index (κ3) is 2.60. The molecule has 0 spiro atoms. The van der Waals surface area contributed by atoms with Crippen LogP contribution >= 0.6 is 11.6 Å². The van der Waals surface area contributed by atoms with Crippen molar-refractivity contribution in [1.82, 2.24) is 0 Å². The molecular formula is C11H12ClNO. The summed E-state index contributed by atoms with van der Waals surface area (Å²) in [6.07, 6.45) is 3.68. The van der Waals surface area contributed by atoms with Gasteiger partial charge >= 0.3 is 0 Å². The monoisotopic (exact) mass is 209 g/mol. The number of allylic oxidation sites excluding steroid dienone is 1. The number of halogens is 1. The summed E-state index contributed by atoms with van der Waals surface area (Å²) in [5.74, 6) is 0.434. The number of carbonyl (C=O) groups is 1. The molecule has 0 atom stereocenters. The second kappa shape index (κ2) is 4.82. The fraction of sp³-hybridized carbons (Fsp3) is 0.182. The number of Topliss-reactive ketones (excluding diaryl/α,β-unsaturated/α-hetero) is 1. The van der Waals surface area contributed by atoms with E-state index in [9.17, 15) is 4.79 Å². The maximum absolute atomic E-state index is 11.2. The number of alkyl halides is 1. The Morgan fingerprint density at radius 1 is 1.57 bits per heavy atom. The first-order valence-electron chi connectivity index (χ1n) is 4.28. The highest BCUT2D eigenvalue weighted by Crippen LogP contribution is 2.15. The van der Waals surface area contributed by atoms with Crippen molar-refractivity contribution in [3.05, 3.63) is 35.4 Å². The van der Waals surface area contributed by atoms with Gasteiger partial charge in [0.15, 0.2) is 5.78 Å². The van der Waals surface area contributed by atoms with Crippen LogP contribution in [0.2, 0.25) is 0 Å². The highest BCUT2D eigenvalue weighted by Gasteiger charge is 2.03. The normalized spacial score (nSPS) is 10.7. The van der Waals surface area contributed by atoms with E-state index in [1.54, 1.807) is 12.1 Å². The van der Waals surface area contributed by atoms with Gasteiger partial charge in [-0.2, -0.15) is 0 Å². The van der Waals surface area contributed by atoms with Crippen molar-refractivity contribution in [3.8, 4) is 0 Å². The lowest BCUT2D eigenvalue weighted by molar-refractivity contribution is 0.101. The lowest BCUT2D eigenvalue weighted by Gasteiger charge is -2.02. The molecule has 0 heterocycles. The zero-order valence-electron chi connectivity index (χ0n) is 7.96. The van der Waals surface area contributed by atoms with Crippen molar-refractivity contribution in [2.45, 2.75) is 6.92 Å². The minimum absolute atomic E-state index is 0.0244. The standard InChI is InChI=1S/C11H12ClNO/c1-8(14)10-7-9(3-2-6-12)4-5-11(10)13/h2-5,7H,6,13H2,1H3. The maximum atomic E-state index is 11.2. The summed E-state index contributed by atoms with van der Waals surface area (Å²) in [6.45, 7) is 1.50. The molecule has 0 radical (unpaired) electrons. The molecule has 0 aliphatic carbocycles. The van der Waals surface area contributed by atoms with E-state index in [0.717, 1.165) is 5.56 Å². The van der Waals surface area contributed by atoms with Gasteiger partial charge < -0.3 is 5.73 Å². The molecule has 0 saturated heterocycles. The Hall–Kier alpha value is -1.28. The molecule has 0 aromatic heterocycles. The first-order valence-corrected chi connectivity index (χ1v) is 4.81. The molecule has 14 heavy (non-hydrogen) atoms. The van der Waals surface area contributed by atoms with Crippen LogP contribution in [0, 0.1) is 0 Å². The molecule has 2 nitrogen and oxygen atoms in total. The lowest BCUT2D eigenvalue weighted by Crippen LogP contribution is -1.99. The van der Waals surface area contributed by atoms with E-state index in [-0.39, 0.29) is 5.78 Å². The molecule has 1 aromatic carbocycles. The number of rotatable bonds is 3. The summed E-state index contributed by atoms with van der Waals surface area (Å²) in [5.41, 5.74) is 7.65. The van der Waals surface area contributed by atoms with Gasteiger partial charge in [0.2, 0.25) is 0 Å². The van der Waals surface area contributed by atoms with Crippen molar-refractivity contribution < 1.29 is 4.79 Å². The molecule has 0 bridgehead atoms. The highest BCUT2D eigenvalue weighted by molar-refractivity contribution is 6.19. The van der Waals surface area contributed by atoms with Gasteiger partial charge in [0.1, 0.15) is 0 Å². The minimum Gasteiger partial charge on any atom is -0.398 e. The molecule has 1 aromatic rings. The van der Waals surface area contributed by atoms with Crippen LogP contribution in [0.5, 0.6) is 0 Å². The Morgan fingerprint density at radius 3 is 2.86 bits per heavy atom. The van der Waals surface area contributed by atoms with E-state index in [1.165, 1.54) is 6.92 Å². The minimum atomic E-state index is -0.0244. The molecule has 2 N–H and O–H groups in total. The van der Waals surface area contributed by atoms with Gasteiger partial charge in [-0.3, -0.25) is 4.79 Å². The van der Waals surface area contributed by atoms with Gasteiger partial charge in [-0.05, 0) is 24.6 Å². The number of ketones is 1. The van der Waals surface area contributed by atoms with Crippen LogP contribution in [-0.4, -0.2) is 11.7 Å². The van der Waals surface area contributed by atoms with E-state index in [4.69, 9.17) is 17.3 Å². The Labute approximate surface area is 88.4 Å². The van der Waals surface area contributed by atoms with Gasteiger partial charge in [-0.1, -0.05) is 18.2 Å². The molecule has 0 unspecified atom stereocenters. The third-order valence-electron chi connectivity index (χ3n) is 1.86. The van der Waals surface area contributed by atoms with E-state index in [2.05, 4.69) is 0 Å². The number of nitrogens with two attached hydrogens (primary N) is 1. The SMILES string of the molecule is CC(=O)c1cc(C=CCCl)ccc1N. The largest absolute Gasteiger partial charge is 0.398 e. The number of benzene rings is 1. The highest BCUT2D eigenvalue weighted by atomic mass is 35.5. The van der Waals surface area contributed by atoms with Crippen LogP contribution in [0.25, 0.3) is 6.08 Å². The predicted molar refractivity (Wildman–Crippen MR) is 60.6 cm³/mol. The first-order chi connectivity index (χ1) is 6.65. The number of carbonyl (C=O) groups excluding carboxylic acids is 1. The average Bonchev–Trinajstić information content (AvgIpc) is 2.16. The molecular weight excluding hydrogens is 198 g/mol. The number of hydrogen-bond acceptors (Lipinski definition) is 2. The maximum Gasteiger partial charge on any atom is 0.161 e. The van der Waals surface area contributed by atoms with Crippen molar-refractivity contribution in [2.75, 3.05) is 11.6 Å². The smallest absolute Gasteiger partial charge is 0.161 e. The molecule has 0 saturated carbocycles. The van der Waals surface area contributed by atoms with Crippen LogP contribution in [0.1, 0.15) is 22.8 Å². The number of anilines is 1. The third-order valence-corrected chi connectivity index (χ3v) is 2.03. The summed E-state index contributed by atoms with van der Waals surface area (Å²) in [7, 11) is 0. The van der Waals surface area contributed by atoms with Gasteiger partial charge in [-0.15, -0.1) is 11.6 Å². The summed E-state index contributed by atoms with van der Waals surface area (Å²) >= 11 is 5.51. The fourth-order valence-corrected chi connectivity index (χ4v) is 1.25. The van der Waals surface area contributed by atoms with Crippen molar-refractivity contribution in [3.63, 3.8) is 0 Å². The first kappa shape index (κ1) is 10.8. The van der Waals surface area contributed by atoms with Gasteiger partial charge in [-0.25, -0.2) is 0 Å². The van der Waals surface area contributed by atoms with Crippen molar-refractivity contribution in [2.24, 2.45) is 0 Å². The summed E-state index contributed by atoms with van der Waals surface area (Å²) in [6, 6.07) is 5.34. The lowest BCUT2D eigenvalue weighted by atomic mass is 10.1. The van der Waals surface area contributed by atoms with Gasteiger partial charge in [0.05, 0.1) is 0 Å². The predicted octanol–water partition coefficient (Wildman–Crippen LogP) is 2.72. The molecule has 0 amide bonds. The van der Waals surface area contributed by atoms with Crippen LogP contribution in [0.15, 0.2) is 24.3 Å². The van der Waals surface area contributed by atoms with E-state index >= 15 is 0 Å². The van der Waals surface area contributed by atoms with E-state index in [0.29, 0.717) is 17.1 Å². The summed E-state index contributed by atoms with van der Waals surface area (Å²) in [5, 5.41) is 0. The second-order valence-electron chi connectivity index (χ2n) is 2.96. The topological polar surface area (TPSA) is 43.1 Å².